The number of esters is 1. The topological polar surface area (TPSA) is 26.3 Å². The molecule has 0 bridgehead atoms. The minimum absolute atomic E-state index is 0.0126. The molecular formula is C24H42O2Sn. The van der Waals surface area contributed by atoms with Crippen LogP contribution in [0.25, 0.3) is 0 Å². The molecule has 0 fully saturated rings. The van der Waals surface area contributed by atoms with Crippen molar-refractivity contribution in [2.24, 2.45) is 0 Å². The molecule has 3 heteroatoms. The van der Waals surface area contributed by atoms with E-state index >= 15 is 0 Å². The summed E-state index contributed by atoms with van der Waals surface area (Å²) in [7, 11) is 1.55. The van der Waals surface area contributed by atoms with Crippen LogP contribution in [0.2, 0.25) is 17.2 Å². The van der Waals surface area contributed by atoms with Crippen LogP contribution in [0, 0.1) is 0 Å². The van der Waals surface area contributed by atoms with Crippen molar-refractivity contribution in [2.45, 2.75) is 95.8 Å². The zero-order valence-electron chi connectivity index (χ0n) is 18.3. The number of carbonyl (C=O) groups excluding carboxylic acids is 1. The molecule has 0 aliphatic carbocycles. The van der Waals surface area contributed by atoms with E-state index in [-0.39, 0.29) is 5.97 Å². The summed E-state index contributed by atoms with van der Waals surface area (Å²) in [4.78, 5) is 12.3. The van der Waals surface area contributed by atoms with Crippen molar-refractivity contribution in [3.8, 4) is 0 Å². The summed E-state index contributed by atoms with van der Waals surface area (Å²) >= 11 is -2.45. The Balaban J connectivity index is 3.07. The van der Waals surface area contributed by atoms with E-state index in [2.05, 4.69) is 51.1 Å². The average Bonchev–Trinajstić information content (AvgIpc) is 2.71. The molecule has 0 radical (unpaired) electrons. The summed E-state index contributed by atoms with van der Waals surface area (Å²) in [5.41, 5.74) is 1.41. The Morgan fingerprint density at radius 2 is 1.44 bits per heavy atom. The Hall–Kier alpha value is -0.511. The molecule has 0 spiro atoms. The fraction of sp³-hybridized carbons (Fsp3) is 0.708. The van der Waals surface area contributed by atoms with Crippen LogP contribution in [0.4, 0.5) is 0 Å². The van der Waals surface area contributed by atoms with Crippen LogP contribution in [-0.4, -0.2) is 31.5 Å². The Bertz CT molecular complexity index is 479. The maximum absolute atomic E-state index is 12.3. The van der Waals surface area contributed by atoms with Crippen LogP contribution in [0.5, 0.6) is 0 Å². The summed E-state index contributed by atoms with van der Waals surface area (Å²) in [6.45, 7) is 6.95. The fourth-order valence-corrected chi connectivity index (χ4v) is 23.0. The molecule has 0 aliphatic heterocycles. The molecule has 1 unspecified atom stereocenters. The molecule has 1 aromatic rings. The molecule has 0 saturated carbocycles. The van der Waals surface area contributed by atoms with Gasteiger partial charge in [0.1, 0.15) is 0 Å². The maximum atomic E-state index is 12.3. The molecule has 27 heavy (non-hydrogen) atoms. The van der Waals surface area contributed by atoms with Crippen molar-refractivity contribution in [1.29, 1.82) is 0 Å². The summed E-state index contributed by atoms with van der Waals surface area (Å²) < 4.78 is 10.1. The number of carbonyl (C=O) groups is 1. The number of benzene rings is 1. The molecule has 0 amide bonds. The SMILES string of the molecule is CCC[CH2][Sn]([CH2]CCC)([CH2]CCC)[CH](CCc1ccccc1)CC(=O)OC. The molecule has 0 heterocycles. The normalized spacial score (nSPS) is 12.7. The van der Waals surface area contributed by atoms with Gasteiger partial charge in [-0.3, -0.25) is 0 Å². The van der Waals surface area contributed by atoms with Gasteiger partial charge in [-0.15, -0.1) is 0 Å². The van der Waals surface area contributed by atoms with Gasteiger partial charge in [-0.1, -0.05) is 0 Å². The molecule has 1 rings (SSSR count). The van der Waals surface area contributed by atoms with Crippen molar-refractivity contribution in [3.63, 3.8) is 0 Å². The quantitative estimate of drug-likeness (QED) is 0.193. The third kappa shape index (κ3) is 9.02. The van der Waals surface area contributed by atoms with Crippen molar-refractivity contribution < 1.29 is 9.53 Å². The van der Waals surface area contributed by atoms with Gasteiger partial charge in [0, 0.05) is 0 Å². The second-order valence-electron chi connectivity index (χ2n) is 8.17. The van der Waals surface area contributed by atoms with Crippen LogP contribution in [0.1, 0.15) is 77.7 Å². The second kappa shape index (κ2) is 14.5. The van der Waals surface area contributed by atoms with E-state index in [0.717, 1.165) is 6.42 Å². The summed E-state index contributed by atoms with van der Waals surface area (Å²) in [5.74, 6) is 0.0126. The Labute approximate surface area is 172 Å². The first kappa shape index (κ1) is 24.5. The average molecular weight is 481 g/mol. The number of aryl methyl sites for hydroxylation is 1. The molecule has 1 aromatic carbocycles. The van der Waals surface area contributed by atoms with Gasteiger partial charge in [0.25, 0.3) is 0 Å². The van der Waals surface area contributed by atoms with Crippen molar-refractivity contribution in [2.75, 3.05) is 7.11 Å². The molecular weight excluding hydrogens is 439 g/mol. The van der Waals surface area contributed by atoms with Crippen LogP contribution in [0.15, 0.2) is 30.3 Å². The first-order chi connectivity index (χ1) is 13.1. The van der Waals surface area contributed by atoms with E-state index in [4.69, 9.17) is 4.74 Å². The van der Waals surface area contributed by atoms with Crippen LogP contribution >= 0.6 is 0 Å². The third-order valence-electron chi connectivity index (χ3n) is 6.22. The van der Waals surface area contributed by atoms with Crippen molar-refractivity contribution in [3.05, 3.63) is 35.9 Å². The van der Waals surface area contributed by atoms with Gasteiger partial charge < -0.3 is 0 Å². The standard InChI is InChI=1S/C12H15O2.3C4H9.Sn/c1-14-12(13)10-6-5-9-11-7-3-2-4-8-11;3*1-3-4-2;/h2-4,6-8H,5,9-10H2,1H3;3*1,3-4H2,2H3;. The van der Waals surface area contributed by atoms with Gasteiger partial charge in [-0.2, -0.15) is 0 Å². The second-order valence-corrected chi connectivity index (χ2v) is 22.6. The van der Waals surface area contributed by atoms with Crippen molar-refractivity contribution >= 4 is 24.3 Å². The van der Waals surface area contributed by atoms with Gasteiger partial charge in [-0.25, -0.2) is 0 Å². The van der Waals surface area contributed by atoms with Crippen LogP contribution in [-0.2, 0) is 16.0 Å². The van der Waals surface area contributed by atoms with E-state index < -0.39 is 18.4 Å². The number of hydrogen-bond acceptors (Lipinski definition) is 2. The monoisotopic (exact) mass is 482 g/mol. The first-order valence-electron chi connectivity index (χ1n) is 11.2. The molecule has 0 N–H and O–H groups in total. The Morgan fingerprint density at radius 3 is 1.89 bits per heavy atom. The zero-order chi connectivity index (χ0) is 20.0. The van der Waals surface area contributed by atoms with Gasteiger partial charge in [-0.05, 0) is 0 Å². The number of hydrogen-bond donors (Lipinski definition) is 0. The molecule has 2 nitrogen and oxygen atoms in total. The molecule has 1 atom stereocenters. The van der Waals surface area contributed by atoms with E-state index in [1.807, 2.05) is 0 Å². The van der Waals surface area contributed by atoms with E-state index in [1.165, 1.54) is 63.8 Å². The summed E-state index contributed by atoms with van der Waals surface area (Å²) in [6.07, 6.45) is 10.8. The van der Waals surface area contributed by atoms with E-state index in [1.54, 1.807) is 7.11 Å². The number of ether oxygens (including phenoxy) is 1. The van der Waals surface area contributed by atoms with Crippen molar-refractivity contribution in [1.82, 2.24) is 0 Å². The number of rotatable bonds is 15. The summed E-state index contributed by atoms with van der Waals surface area (Å²) in [6, 6.07) is 10.8. The molecule has 0 aromatic heterocycles. The third-order valence-corrected chi connectivity index (χ3v) is 24.1. The number of unbranched alkanes of at least 4 members (excludes halogenated alkanes) is 3. The summed E-state index contributed by atoms with van der Waals surface area (Å²) in [5, 5.41) is 0. The first-order valence-corrected chi connectivity index (χ1v) is 18.9. The van der Waals surface area contributed by atoms with Crippen LogP contribution < -0.4 is 0 Å². The van der Waals surface area contributed by atoms with Gasteiger partial charge in [0.05, 0.1) is 0 Å². The van der Waals surface area contributed by atoms with E-state index in [0.29, 0.717) is 10.4 Å². The Morgan fingerprint density at radius 1 is 0.926 bits per heavy atom. The van der Waals surface area contributed by atoms with Gasteiger partial charge >= 0.3 is 173 Å². The van der Waals surface area contributed by atoms with Gasteiger partial charge in [0.2, 0.25) is 0 Å². The minimum atomic E-state index is -2.45. The van der Waals surface area contributed by atoms with E-state index in [9.17, 15) is 4.79 Å². The molecule has 0 aliphatic rings. The predicted molar refractivity (Wildman–Crippen MR) is 120 cm³/mol. The Kier molecular flexibility index (Phi) is 13.2. The predicted octanol–water partition coefficient (Wildman–Crippen LogP) is 7.40. The zero-order valence-corrected chi connectivity index (χ0v) is 21.1. The molecule has 154 valence electrons. The van der Waals surface area contributed by atoms with Gasteiger partial charge in [0.15, 0.2) is 0 Å². The van der Waals surface area contributed by atoms with Crippen LogP contribution in [0.3, 0.4) is 0 Å². The molecule has 0 saturated heterocycles. The fourth-order valence-electron chi connectivity index (χ4n) is 4.47. The number of methoxy groups -OCH3 is 1.